The lowest BCUT2D eigenvalue weighted by Crippen LogP contribution is -2.03. The van der Waals surface area contributed by atoms with Crippen LogP contribution in [0.2, 0.25) is 0 Å². The Bertz CT molecular complexity index is 106. The summed E-state index contributed by atoms with van der Waals surface area (Å²) in [5.41, 5.74) is 0. The third kappa shape index (κ3) is 0.792. The molecular formula is C3H6N2O2+2. The van der Waals surface area contributed by atoms with Crippen molar-refractivity contribution >= 4 is 0 Å². The molecule has 1 heterocycles. The van der Waals surface area contributed by atoms with Crippen molar-refractivity contribution in [3.63, 3.8) is 0 Å². The van der Waals surface area contributed by atoms with Crippen LogP contribution < -0.4 is 0 Å². The summed E-state index contributed by atoms with van der Waals surface area (Å²) >= 11 is 0. The minimum Gasteiger partial charge on any atom is 0.0236 e. The lowest BCUT2D eigenvalue weighted by molar-refractivity contribution is -0.672. The van der Waals surface area contributed by atoms with Gasteiger partial charge in [-0.2, -0.15) is 0 Å². The molecule has 0 atom stereocenters. The average Bonchev–Trinajstić information content (AvgIpc) is 1.87. The van der Waals surface area contributed by atoms with Crippen molar-refractivity contribution in [3.05, 3.63) is 9.81 Å². The van der Waals surface area contributed by atoms with E-state index in [1.54, 1.807) is 0 Å². The molecule has 0 unspecified atom stereocenters. The van der Waals surface area contributed by atoms with E-state index < -0.39 is 0 Å². The Hall–Kier alpha value is -0.800. The molecule has 4 nitrogen and oxygen atoms in total. The quantitative estimate of drug-likeness (QED) is 0.387. The maximum Gasteiger partial charge on any atom is 0.423 e. The van der Waals surface area contributed by atoms with Gasteiger partial charge in [-0.25, -0.2) is 0 Å². The monoisotopic (exact) mass is 102 g/mol. The fraction of sp³-hybridized carbons (Fsp3) is 1.00. The van der Waals surface area contributed by atoms with Crippen LogP contribution in [0.15, 0.2) is 0 Å². The first-order chi connectivity index (χ1) is 3.29. The second-order valence-corrected chi connectivity index (χ2v) is 1.55. The normalized spacial score (nSPS) is 21.1. The molecule has 0 amide bonds. The first-order valence-electron chi connectivity index (χ1n) is 2.13. The van der Waals surface area contributed by atoms with Gasteiger partial charge in [0, 0.05) is 9.81 Å². The standard InChI is InChI=1S/C3H6N2O2/c6-4-1-2-5(7)3-4/h1-3H2/q+2. The Morgan fingerprint density at radius 3 is 1.57 bits per heavy atom. The number of rotatable bonds is 0. The molecule has 0 aromatic carbocycles. The fourth-order valence-corrected chi connectivity index (χ4v) is 0.540. The minimum atomic E-state index is 0.0278. The van der Waals surface area contributed by atoms with E-state index >= 15 is 0 Å². The van der Waals surface area contributed by atoms with Gasteiger partial charge in [-0.15, -0.1) is 0 Å². The van der Waals surface area contributed by atoms with E-state index in [1.807, 2.05) is 0 Å². The van der Waals surface area contributed by atoms with Crippen LogP contribution in [0.25, 0.3) is 0 Å². The fourth-order valence-electron chi connectivity index (χ4n) is 0.540. The summed E-state index contributed by atoms with van der Waals surface area (Å²) in [5.74, 6) is 0. The lowest BCUT2D eigenvalue weighted by Gasteiger charge is -1.59. The van der Waals surface area contributed by atoms with E-state index in [0.717, 1.165) is 9.52 Å². The molecule has 0 radical (unpaired) electrons. The molecule has 1 rings (SSSR count). The molecule has 0 N–H and O–H groups in total. The largest absolute Gasteiger partial charge is 0.423 e. The molecule has 7 heavy (non-hydrogen) atoms. The Labute approximate surface area is 40.3 Å². The van der Waals surface area contributed by atoms with Gasteiger partial charge in [0.1, 0.15) is 0 Å². The van der Waals surface area contributed by atoms with Crippen molar-refractivity contribution < 1.29 is 9.52 Å². The van der Waals surface area contributed by atoms with Gasteiger partial charge in [0.05, 0.1) is 9.52 Å². The first kappa shape index (κ1) is 4.36. The van der Waals surface area contributed by atoms with Crippen LogP contribution in [-0.2, 0) is 0 Å². The Morgan fingerprint density at radius 2 is 1.43 bits per heavy atom. The number of hydrogen-bond acceptors (Lipinski definition) is 2. The van der Waals surface area contributed by atoms with E-state index in [1.165, 1.54) is 0 Å². The van der Waals surface area contributed by atoms with Crippen LogP contribution in [0.1, 0.15) is 0 Å². The molecule has 38 valence electrons. The van der Waals surface area contributed by atoms with Crippen LogP contribution in [0.4, 0.5) is 0 Å². The molecule has 0 saturated carbocycles. The zero-order valence-corrected chi connectivity index (χ0v) is 3.83. The average molecular weight is 102 g/mol. The molecule has 4 heteroatoms. The highest BCUT2D eigenvalue weighted by Gasteiger charge is 2.31. The van der Waals surface area contributed by atoms with Gasteiger partial charge in [0.25, 0.3) is 13.1 Å². The summed E-state index contributed by atoms with van der Waals surface area (Å²) in [5, 5.41) is 0. The molecule has 1 aliphatic heterocycles. The van der Waals surface area contributed by atoms with E-state index in [-0.39, 0.29) is 6.67 Å². The Morgan fingerprint density at radius 1 is 1.00 bits per heavy atom. The summed E-state index contributed by atoms with van der Waals surface area (Å²) in [4.78, 5) is 20.3. The highest BCUT2D eigenvalue weighted by Crippen LogP contribution is 1.86. The van der Waals surface area contributed by atoms with E-state index in [2.05, 4.69) is 0 Å². The molecule has 1 fully saturated rings. The second-order valence-electron chi connectivity index (χ2n) is 1.55. The third-order valence-corrected chi connectivity index (χ3v) is 0.914. The van der Waals surface area contributed by atoms with Gasteiger partial charge in [-0.3, -0.25) is 0 Å². The van der Waals surface area contributed by atoms with Crippen molar-refractivity contribution in [2.24, 2.45) is 0 Å². The van der Waals surface area contributed by atoms with Crippen molar-refractivity contribution in [2.75, 3.05) is 19.8 Å². The number of nitrogens with zero attached hydrogens (tertiary/aromatic N) is 2. The van der Waals surface area contributed by atoms with E-state index in [9.17, 15) is 9.81 Å². The van der Waals surface area contributed by atoms with Gasteiger partial charge < -0.3 is 0 Å². The Balaban J connectivity index is 2.55. The predicted octanol–water partition coefficient (Wildman–Crippen LogP) is -0.485. The maximum absolute atomic E-state index is 10.1. The summed E-state index contributed by atoms with van der Waals surface area (Å²) in [6, 6.07) is 0. The molecule has 1 saturated heterocycles. The summed E-state index contributed by atoms with van der Waals surface area (Å²) in [7, 11) is 0. The van der Waals surface area contributed by atoms with Crippen molar-refractivity contribution in [3.8, 4) is 0 Å². The molecule has 0 bridgehead atoms. The van der Waals surface area contributed by atoms with Crippen LogP contribution in [0.3, 0.4) is 0 Å². The van der Waals surface area contributed by atoms with Gasteiger partial charge >= 0.3 is 6.67 Å². The third-order valence-electron chi connectivity index (χ3n) is 0.914. The van der Waals surface area contributed by atoms with Crippen LogP contribution in [-0.4, -0.2) is 29.3 Å². The highest BCUT2D eigenvalue weighted by molar-refractivity contribution is 4.24. The van der Waals surface area contributed by atoms with Crippen LogP contribution in [0.5, 0.6) is 0 Å². The van der Waals surface area contributed by atoms with Gasteiger partial charge in [0.2, 0.25) is 0 Å². The molecule has 0 aromatic rings. The molecular weight excluding hydrogens is 96.0 g/mol. The zero-order chi connectivity index (χ0) is 5.28. The molecule has 0 aliphatic carbocycles. The molecule has 0 spiro atoms. The Kier molecular flexibility index (Phi) is 0.850. The number of hydrogen-bond donors (Lipinski definition) is 0. The predicted molar refractivity (Wildman–Crippen MR) is 21.9 cm³/mol. The van der Waals surface area contributed by atoms with E-state index in [0.29, 0.717) is 13.1 Å². The smallest absolute Gasteiger partial charge is 0.0236 e. The van der Waals surface area contributed by atoms with Crippen molar-refractivity contribution in [2.45, 2.75) is 0 Å². The SMILES string of the molecule is O=[N+]1CC[N+](=O)C1. The van der Waals surface area contributed by atoms with Gasteiger partial charge in [-0.1, -0.05) is 0 Å². The maximum atomic E-state index is 10.1. The first-order valence-corrected chi connectivity index (χ1v) is 2.13. The molecule has 1 aliphatic rings. The summed E-state index contributed by atoms with van der Waals surface area (Å²) < 4.78 is 1.49. The summed E-state index contributed by atoms with van der Waals surface area (Å²) in [6.07, 6.45) is 0. The zero-order valence-electron chi connectivity index (χ0n) is 3.83. The van der Waals surface area contributed by atoms with Crippen molar-refractivity contribution in [1.29, 1.82) is 0 Å². The van der Waals surface area contributed by atoms with Gasteiger partial charge in [-0.05, 0) is 0 Å². The minimum absolute atomic E-state index is 0.0278. The van der Waals surface area contributed by atoms with Crippen LogP contribution in [0, 0.1) is 9.81 Å². The van der Waals surface area contributed by atoms with Crippen molar-refractivity contribution in [1.82, 2.24) is 0 Å². The summed E-state index contributed by atoms with van der Waals surface area (Å²) in [6.45, 7) is 0.757. The topological polar surface area (TPSA) is 40.2 Å². The number of nitroso groups, excluding NO2 is 2. The van der Waals surface area contributed by atoms with E-state index in [4.69, 9.17) is 0 Å². The highest BCUT2D eigenvalue weighted by atomic mass is 16.3. The second kappa shape index (κ2) is 1.36. The lowest BCUT2D eigenvalue weighted by atomic mass is 10.7. The molecule has 0 aromatic heterocycles. The van der Waals surface area contributed by atoms with Crippen LogP contribution >= 0.6 is 0 Å². The van der Waals surface area contributed by atoms with Gasteiger partial charge in [0.15, 0.2) is 0 Å².